The van der Waals surface area contributed by atoms with Gasteiger partial charge in [0.05, 0.1) is 17.1 Å². The number of amides is 1. The van der Waals surface area contributed by atoms with Crippen molar-refractivity contribution in [2.24, 2.45) is 4.99 Å². The lowest BCUT2D eigenvalue weighted by Crippen LogP contribution is -2.45. The minimum Gasteiger partial charge on any atom is -0.478 e. The maximum Gasteiger partial charge on any atom is 0.335 e. The van der Waals surface area contributed by atoms with Gasteiger partial charge in [-0.15, -0.1) is 0 Å². The molecule has 1 aliphatic heterocycles. The van der Waals surface area contributed by atoms with Gasteiger partial charge in [-0.1, -0.05) is 35.9 Å². The number of nitrogens with zero attached hydrogens (tertiary/aromatic N) is 3. The van der Waals surface area contributed by atoms with Crippen molar-refractivity contribution < 1.29 is 14.7 Å². The Kier molecular flexibility index (Phi) is 6.30. The molecule has 6 heteroatoms. The number of allylic oxidation sites excluding steroid dienone is 1. The van der Waals surface area contributed by atoms with Gasteiger partial charge in [-0.3, -0.25) is 9.79 Å². The molecule has 0 radical (unpaired) electrons. The first-order valence-electron chi connectivity index (χ1n) is 8.70. The standard InChI is InChI=1S/C21H23N3O3/c1-15(2)17(20(26)27)13-18(23-3)19(25)24-11-9-21(14-22,10-12-24)16-7-5-4-6-8-16/h4-8,13H,3,9-12H2,1-2H3,(H,26,27)/b18-13-. The van der Waals surface area contributed by atoms with Crippen LogP contribution in [0.5, 0.6) is 0 Å². The topological polar surface area (TPSA) is 93.8 Å². The molecule has 6 nitrogen and oxygen atoms in total. The number of benzene rings is 1. The molecule has 1 N–H and O–H groups in total. The van der Waals surface area contributed by atoms with Gasteiger partial charge in [-0.25, -0.2) is 4.79 Å². The van der Waals surface area contributed by atoms with Crippen molar-refractivity contribution in [2.75, 3.05) is 13.1 Å². The Morgan fingerprint density at radius 2 is 1.85 bits per heavy atom. The molecule has 27 heavy (non-hydrogen) atoms. The van der Waals surface area contributed by atoms with Crippen LogP contribution < -0.4 is 0 Å². The fourth-order valence-corrected chi connectivity index (χ4v) is 3.21. The Labute approximate surface area is 159 Å². The highest BCUT2D eigenvalue weighted by atomic mass is 16.4. The number of aliphatic imine (C=N–C) groups is 1. The number of hydrogen-bond donors (Lipinski definition) is 1. The third-order valence-electron chi connectivity index (χ3n) is 4.88. The molecule has 0 aromatic heterocycles. The van der Waals surface area contributed by atoms with E-state index in [1.54, 1.807) is 18.7 Å². The van der Waals surface area contributed by atoms with Crippen LogP contribution in [0.15, 0.2) is 58.2 Å². The minimum atomic E-state index is -1.12. The molecular formula is C21H23N3O3. The quantitative estimate of drug-likeness (QED) is 0.493. The lowest BCUT2D eigenvalue weighted by Gasteiger charge is -2.37. The minimum absolute atomic E-state index is 0.00207. The summed E-state index contributed by atoms with van der Waals surface area (Å²) in [5, 5.41) is 19.0. The fourth-order valence-electron chi connectivity index (χ4n) is 3.21. The average Bonchev–Trinajstić information content (AvgIpc) is 2.68. The Bertz CT molecular complexity index is 835. The first-order chi connectivity index (χ1) is 12.8. The Morgan fingerprint density at radius 3 is 2.30 bits per heavy atom. The fraction of sp³-hybridized carbons (Fsp3) is 0.333. The number of carboxylic acid groups (broad SMARTS) is 1. The predicted octanol–water partition coefficient (Wildman–Crippen LogP) is 3.08. The first kappa shape index (κ1) is 20.1. The summed E-state index contributed by atoms with van der Waals surface area (Å²) in [6.45, 7) is 7.52. The highest BCUT2D eigenvalue weighted by Crippen LogP contribution is 2.35. The van der Waals surface area contributed by atoms with Crippen molar-refractivity contribution in [3.8, 4) is 6.07 Å². The summed E-state index contributed by atoms with van der Waals surface area (Å²) in [5.41, 5.74) is 0.934. The van der Waals surface area contributed by atoms with Gasteiger partial charge in [0.15, 0.2) is 0 Å². The number of carboxylic acids is 1. The van der Waals surface area contributed by atoms with E-state index in [1.165, 1.54) is 6.08 Å². The molecule has 0 saturated carbocycles. The molecule has 0 unspecified atom stereocenters. The molecule has 0 spiro atoms. The van der Waals surface area contributed by atoms with Gasteiger partial charge < -0.3 is 10.0 Å². The highest BCUT2D eigenvalue weighted by molar-refractivity contribution is 5.98. The third kappa shape index (κ3) is 4.32. The maximum absolute atomic E-state index is 12.8. The van der Waals surface area contributed by atoms with E-state index in [1.807, 2.05) is 30.3 Å². The largest absolute Gasteiger partial charge is 0.478 e. The number of carbonyl (C=O) groups is 2. The van der Waals surface area contributed by atoms with Crippen LogP contribution in [-0.4, -0.2) is 41.7 Å². The average molecular weight is 365 g/mol. The number of rotatable bonds is 5. The predicted molar refractivity (Wildman–Crippen MR) is 103 cm³/mol. The summed E-state index contributed by atoms with van der Waals surface area (Å²) in [6, 6.07) is 12.0. The smallest absolute Gasteiger partial charge is 0.335 e. The number of nitriles is 1. The van der Waals surface area contributed by atoms with E-state index in [4.69, 9.17) is 0 Å². The van der Waals surface area contributed by atoms with Gasteiger partial charge >= 0.3 is 5.97 Å². The SMILES string of the molecule is C=N/C(=C\C(C(=O)O)=C(C)C)C(=O)N1CCC(C#N)(c2ccccc2)CC1. The van der Waals surface area contributed by atoms with Gasteiger partial charge in [-0.2, -0.15) is 5.26 Å². The van der Waals surface area contributed by atoms with E-state index in [-0.39, 0.29) is 17.2 Å². The molecular weight excluding hydrogens is 342 g/mol. The first-order valence-corrected chi connectivity index (χ1v) is 8.70. The maximum atomic E-state index is 12.8. The molecule has 1 fully saturated rings. The zero-order chi connectivity index (χ0) is 20.0. The Morgan fingerprint density at radius 1 is 1.26 bits per heavy atom. The number of hydrogen-bond acceptors (Lipinski definition) is 4. The summed E-state index contributed by atoms with van der Waals surface area (Å²) >= 11 is 0. The molecule has 1 saturated heterocycles. The van der Waals surface area contributed by atoms with Crippen molar-refractivity contribution in [3.63, 3.8) is 0 Å². The molecule has 2 rings (SSSR count). The van der Waals surface area contributed by atoms with E-state index >= 15 is 0 Å². The van der Waals surface area contributed by atoms with Gasteiger partial charge in [0, 0.05) is 13.1 Å². The molecule has 1 amide bonds. The van der Waals surface area contributed by atoms with E-state index < -0.39 is 11.4 Å². The number of piperidine rings is 1. The zero-order valence-electron chi connectivity index (χ0n) is 15.6. The lowest BCUT2D eigenvalue weighted by atomic mass is 9.74. The zero-order valence-corrected chi connectivity index (χ0v) is 15.6. The molecule has 0 bridgehead atoms. The van der Waals surface area contributed by atoms with E-state index in [2.05, 4.69) is 17.8 Å². The van der Waals surface area contributed by atoms with Crippen molar-refractivity contribution in [1.82, 2.24) is 4.90 Å². The van der Waals surface area contributed by atoms with Gasteiger partial charge in [0.25, 0.3) is 5.91 Å². The van der Waals surface area contributed by atoms with Crippen molar-refractivity contribution >= 4 is 18.6 Å². The number of carbonyl (C=O) groups excluding carboxylic acids is 1. The van der Waals surface area contributed by atoms with E-state index in [0.717, 1.165) is 5.56 Å². The summed E-state index contributed by atoms with van der Waals surface area (Å²) in [4.78, 5) is 29.5. The molecule has 140 valence electrons. The Balaban J connectivity index is 2.21. The number of likely N-dealkylation sites (tertiary alicyclic amines) is 1. The van der Waals surface area contributed by atoms with Crippen LogP contribution in [0.25, 0.3) is 0 Å². The van der Waals surface area contributed by atoms with E-state index in [0.29, 0.717) is 31.5 Å². The van der Waals surface area contributed by atoms with Crippen LogP contribution in [-0.2, 0) is 15.0 Å². The number of aliphatic carboxylic acids is 1. The van der Waals surface area contributed by atoms with Crippen molar-refractivity contribution in [3.05, 3.63) is 58.8 Å². The molecule has 1 aromatic rings. The van der Waals surface area contributed by atoms with Crippen LogP contribution >= 0.6 is 0 Å². The van der Waals surface area contributed by atoms with Crippen LogP contribution in [0.1, 0.15) is 32.3 Å². The Hall–Kier alpha value is -3.20. The van der Waals surface area contributed by atoms with Gasteiger partial charge in [0.1, 0.15) is 5.70 Å². The van der Waals surface area contributed by atoms with Crippen LogP contribution in [0.3, 0.4) is 0 Å². The van der Waals surface area contributed by atoms with Crippen molar-refractivity contribution in [1.29, 1.82) is 5.26 Å². The molecule has 1 aliphatic rings. The molecule has 1 aromatic carbocycles. The van der Waals surface area contributed by atoms with Gasteiger partial charge in [-0.05, 0) is 45.0 Å². The van der Waals surface area contributed by atoms with Crippen LogP contribution in [0.4, 0.5) is 0 Å². The lowest BCUT2D eigenvalue weighted by molar-refractivity contribution is -0.132. The highest BCUT2D eigenvalue weighted by Gasteiger charge is 2.38. The van der Waals surface area contributed by atoms with Crippen LogP contribution in [0.2, 0.25) is 0 Å². The summed E-state index contributed by atoms with van der Waals surface area (Å²) in [6.07, 6.45) is 2.28. The second-order valence-electron chi connectivity index (χ2n) is 6.76. The second-order valence-corrected chi connectivity index (χ2v) is 6.76. The van der Waals surface area contributed by atoms with Crippen molar-refractivity contribution in [2.45, 2.75) is 32.1 Å². The summed E-state index contributed by atoms with van der Waals surface area (Å²) < 4.78 is 0. The molecule has 0 atom stereocenters. The monoisotopic (exact) mass is 365 g/mol. The third-order valence-corrected chi connectivity index (χ3v) is 4.88. The summed E-state index contributed by atoms with van der Waals surface area (Å²) in [7, 11) is 0. The van der Waals surface area contributed by atoms with Crippen LogP contribution in [0, 0.1) is 11.3 Å². The van der Waals surface area contributed by atoms with Gasteiger partial charge in [0.2, 0.25) is 0 Å². The molecule has 1 heterocycles. The van der Waals surface area contributed by atoms with E-state index in [9.17, 15) is 20.0 Å². The molecule has 0 aliphatic carbocycles. The summed E-state index contributed by atoms with van der Waals surface area (Å²) in [5.74, 6) is -1.49. The second kappa shape index (κ2) is 8.45. The normalized spacial score (nSPS) is 16.2.